The molecule has 9 heteroatoms. The molecule has 0 unspecified atom stereocenters. The molecular formula is C2H3NaNiO6S. The van der Waals surface area contributed by atoms with Gasteiger partial charge in [-0.1, -0.05) is 0 Å². The maximum absolute atomic E-state index is 8.89. The summed E-state index contributed by atoms with van der Waals surface area (Å²) >= 11 is 0. The largest absolute Gasteiger partial charge is 2.00 e. The molecule has 64 valence electrons. The first-order chi connectivity index (χ1) is 3.73. The van der Waals surface area contributed by atoms with Gasteiger partial charge >= 0.3 is 46.0 Å². The number of carboxylic acid groups (broad SMARTS) is 1. The molecule has 0 heterocycles. The topological polar surface area (TPSA) is 120 Å². The predicted molar refractivity (Wildman–Crippen MR) is 21.2 cm³/mol. The Kier molecular flexibility index (Phi) is 22.3. The number of carbonyl (C=O) groups is 1. The maximum Gasteiger partial charge on any atom is 2.00 e. The van der Waals surface area contributed by atoms with E-state index in [1.165, 1.54) is 0 Å². The van der Waals surface area contributed by atoms with Crippen molar-refractivity contribution in [2.45, 2.75) is 6.92 Å². The van der Waals surface area contributed by atoms with Gasteiger partial charge < -0.3 is 19.0 Å². The van der Waals surface area contributed by atoms with E-state index in [1.54, 1.807) is 0 Å². The molecule has 0 N–H and O–H groups in total. The Hall–Kier alpha value is 0.834. The van der Waals surface area contributed by atoms with Crippen LogP contribution in [0.25, 0.3) is 0 Å². The Labute approximate surface area is 96.2 Å². The van der Waals surface area contributed by atoms with Crippen LogP contribution in [0.3, 0.4) is 0 Å². The average Bonchev–Trinajstić information content (AvgIpc) is 1.19. The minimum atomic E-state index is -5.17. The Morgan fingerprint density at radius 1 is 1.27 bits per heavy atom. The van der Waals surface area contributed by atoms with Crippen LogP contribution in [0.15, 0.2) is 0 Å². The molecule has 0 aromatic heterocycles. The number of aliphatic carboxylic acids is 1. The van der Waals surface area contributed by atoms with Gasteiger partial charge in [0.25, 0.3) is 0 Å². The second-order valence-electron chi connectivity index (χ2n) is 0.900. The monoisotopic (exact) mass is 236 g/mol. The fourth-order valence-corrected chi connectivity index (χ4v) is 0. The fourth-order valence-electron chi connectivity index (χ4n) is 0. The van der Waals surface area contributed by atoms with E-state index in [9.17, 15) is 0 Å². The van der Waals surface area contributed by atoms with Crippen LogP contribution in [0, 0.1) is 0 Å². The van der Waals surface area contributed by atoms with Crippen molar-refractivity contribution in [3.63, 3.8) is 0 Å². The summed E-state index contributed by atoms with van der Waals surface area (Å²) in [7, 11) is -5.17. The molecule has 0 saturated heterocycles. The molecule has 0 rings (SSSR count). The van der Waals surface area contributed by atoms with Crippen molar-refractivity contribution < 1.29 is 73.5 Å². The third-order valence-electron chi connectivity index (χ3n) is 0. The summed E-state index contributed by atoms with van der Waals surface area (Å²) in [6.45, 7) is 0.972. The van der Waals surface area contributed by atoms with Gasteiger partial charge in [-0.2, -0.15) is 0 Å². The quantitative estimate of drug-likeness (QED) is 0.235. The van der Waals surface area contributed by atoms with Crippen LogP contribution < -0.4 is 34.7 Å². The molecule has 0 aliphatic carbocycles. The first-order valence-corrected chi connectivity index (χ1v) is 2.91. The van der Waals surface area contributed by atoms with E-state index in [0.29, 0.717) is 0 Å². The van der Waals surface area contributed by atoms with Gasteiger partial charge in [-0.25, -0.2) is 0 Å². The Morgan fingerprint density at radius 2 is 1.27 bits per heavy atom. The van der Waals surface area contributed by atoms with Gasteiger partial charge in [0.1, 0.15) is 0 Å². The number of hydrogen-bond acceptors (Lipinski definition) is 6. The van der Waals surface area contributed by atoms with E-state index in [-0.39, 0.29) is 46.0 Å². The average molecular weight is 237 g/mol. The summed E-state index contributed by atoms with van der Waals surface area (Å²) in [5, 5.41) is 8.89. The third kappa shape index (κ3) is 1220. The smallest absolute Gasteiger partial charge is 0.759 e. The molecule has 0 aromatic carbocycles. The van der Waals surface area contributed by atoms with Crippen molar-refractivity contribution in [2.24, 2.45) is 0 Å². The number of carbonyl (C=O) groups excluding carboxylic acids is 1. The number of hydrogen-bond donors (Lipinski definition) is 0. The molecule has 0 spiro atoms. The summed E-state index contributed by atoms with van der Waals surface area (Å²) in [6.07, 6.45) is 0. The second kappa shape index (κ2) is 10.8. The van der Waals surface area contributed by atoms with Crippen LogP contribution >= 0.6 is 0 Å². The van der Waals surface area contributed by atoms with E-state index in [2.05, 4.69) is 0 Å². The molecule has 0 radical (unpaired) electrons. The molecule has 0 saturated carbocycles. The summed E-state index contributed by atoms with van der Waals surface area (Å²) in [5.41, 5.74) is 0. The van der Waals surface area contributed by atoms with Crippen LogP contribution in [0.2, 0.25) is 0 Å². The van der Waals surface area contributed by atoms with E-state index < -0.39 is 16.4 Å². The van der Waals surface area contributed by atoms with Crippen LogP contribution in [0.4, 0.5) is 0 Å². The van der Waals surface area contributed by atoms with Crippen molar-refractivity contribution in [2.75, 3.05) is 0 Å². The Balaban J connectivity index is -0.0000000383. The minimum absolute atomic E-state index is 0. The molecule has 0 amide bonds. The Morgan fingerprint density at radius 3 is 1.27 bits per heavy atom. The summed E-state index contributed by atoms with van der Waals surface area (Å²) in [5.74, 6) is -1.08. The molecule has 0 aliphatic rings. The predicted octanol–water partition coefficient (Wildman–Crippen LogP) is -5.58. The summed E-state index contributed by atoms with van der Waals surface area (Å²) < 4.78 is 34.1. The first-order valence-electron chi connectivity index (χ1n) is 1.57. The molecule has 0 aliphatic heterocycles. The fraction of sp³-hybridized carbons (Fsp3) is 0.500. The Bertz CT molecular complexity index is 163. The molecule has 0 fully saturated rings. The third-order valence-corrected chi connectivity index (χ3v) is 0. The van der Waals surface area contributed by atoms with E-state index in [0.717, 1.165) is 6.92 Å². The van der Waals surface area contributed by atoms with Crippen molar-refractivity contribution in [3.05, 3.63) is 0 Å². The zero-order valence-electron chi connectivity index (χ0n) is 5.67. The van der Waals surface area contributed by atoms with Crippen LogP contribution in [-0.4, -0.2) is 23.5 Å². The van der Waals surface area contributed by atoms with E-state index in [4.69, 9.17) is 27.4 Å². The minimum Gasteiger partial charge on any atom is -0.759 e. The second-order valence-corrected chi connectivity index (χ2v) is 1.72. The zero-order chi connectivity index (χ0) is 8.08. The van der Waals surface area contributed by atoms with Crippen molar-refractivity contribution >= 4 is 16.4 Å². The van der Waals surface area contributed by atoms with Crippen molar-refractivity contribution in [1.29, 1.82) is 0 Å². The molecule has 6 nitrogen and oxygen atoms in total. The van der Waals surface area contributed by atoms with E-state index >= 15 is 0 Å². The summed E-state index contributed by atoms with van der Waals surface area (Å²) in [4.78, 5) is 8.89. The van der Waals surface area contributed by atoms with Crippen molar-refractivity contribution in [3.8, 4) is 0 Å². The number of carboxylic acids is 1. The molecule has 11 heavy (non-hydrogen) atoms. The zero-order valence-corrected chi connectivity index (χ0v) is 9.48. The molecular weight excluding hydrogens is 234 g/mol. The van der Waals surface area contributed by atoms with Gasteiger partial charge in [0.2, 0.25) is 0 Å². The molecule has 0 aromatic rings. The molecule has 0 atom stereocenters. The van der Waals surface area contributed by atoms with Crippen molar-refractivity contribution in [1.82, 2.24) is 0 Å². The van der Waals surface area contributed by atoms with Gasteiger partial charge in [-0.3, -0.25) is 8.42 Å². The number of rotatable bonds is 0. The standard InChI is InChI=1S/C2H4O2.Na.Ni.H2O4S/c1-2(3)4;;;1-5(2,3)4/h1H3,(H,3,4);;;(H2,1,2,3,4)/q;+1;+2;/p-3. The molecule has 0 bridgehead atoms. The van der Waals surface area contributed by atoms with Gasteiger partial charge in [-0.05, 0) is 6.92 Å². The normalized spacial score (nSPS) is 7.55. The van der Waals surface area contributed by atoms with Crippen LogP contribution in [0.1, 0.15) is 6.92 Å². The maximum atomic E-state index is 8.89. The summed E-state index contributed by atoms with van der Waals surface area (Å²) in [6, 6.07) is 0. The van der Waals surface area contributed by atoms with Gasteiger partial charge in [0, 0.05) is 16.4 Å². The van der Waals surface area contributed by atoms with Crippen LogP contribution in [-0.2, 0) is 31.7 Å². The van der Waals surface area contributed by atoms with Gasteiger partial charge in [0.15, 0.2) is 0 Å². The van der Waals surface area contributed by atoms with Crippen LogP contribution in [0.5, 0.6) is 0 Å². The first kappa shape index (κ1) is 22.6. The van der Waals surface area contributed by atoms with E-state index in [1.807, 2.05) is 0 Å². The van der Waals surface area contributed by atoms with Gasteiger partial charge in [-0.15, -0.1) is 0 Å². The van der Waals surface area contributed by atoms with Gasteiger partial charge in [0.05, 0.1) is 0 Å². The SMILES string of the molecule is CC(=O)[O-].O=S(=O)([O-])[O-].[Na+].[Ni+2].